The molecule has 1 amide bonds. The molecule has 0 fully saturated rings. The quantitative estimate of drug-likeness (QED) is 0.600. The zero-order valence-corrected chi connectivity index (χ0v) is 16.9. The predicted molar refractivity (Wildman–Crippen MR) is 119 cm³/mol. The number of para-hydroxylation sites is 1. The van der Waals surface area contributed by atoms with Crippen molar-refractivity contribution in [2.24, 2.45) is 0 Å². The van der Waals surface area contributed by atoms with Gasteiger partial charge in [-0.1, -0.05) is 30.9 Å². The van der Waals surface area contributed by atoms with Crippen molar-refractivity contribution in [1.82, 2.24) is 14.9 Å². The molecule has 4 rings (SSSR count). The number of nitrogen functional groups attached to an aromatic ring is 1. The normalized spacial score (nSPS) is 13.3. The summed E-state index contributed by atoms with van der Waals surface area (Å²) in [6.07, 6.45) is 5.40. The highest BCUT2D eigenvalue weighted by atomic mass is 16.5. The van der Waals surface area contributed by atoms with Crippen molar-refractivity contribution in [3.63, 3.8) is 0 Å². The molecule has 0 bridgehead atoms. The van der Waals surface area contributed by atoms with Crippen LogP contribution in [0.3, 0.4) is 0 Å². The zero-order valence-electron chi connectivity index (χ0n) is 16.9. The van der Waals surface area contributed by atoms with Crippen LogP contribution in [0.1, 0.15) is 12.0 Å². The maximum atomic E-state index is 12.0. The summed E-state index contributed by atoms with van der Waals surface area (Å²) >= 11 is 0. The molecular weight excluding hydrogens is 392 g/mol. The van der Waals surface area contributed by atoms with Gasteiger partial charge in [0.1, 0.15) is 29.4 Å². The molecule has 1 aliphatic rings. The number of amides is 1. The molecule has 7 nitrogen and oxygen atoms in total. The minimum Gasteiger partial charge on any atom is -0.457 e. The SMILES string of the molecule is C=CC(=O)N1CCC=C(c2c(N)ncnc2Oc2ccc(Oc3ccccc3)cc2)C1. The van der Waals surface area contributed by atoms with Crippen LogP contribution < -0.4 is 15.2 Å². The van der Waals surface area contributed by atoms with E-state index in [1.54, 1.807) is 17.0 Å². The number of hydrogen-bond acceptors (Lipinski definition) is 6. The largest absolute Gasteiger partial charge is 0.457 e. The van der Waals surface area contributed by atoms with E-state index < -0.39 is 0 Å². The summed E-state index contributed by atoms with van der Waals surface area (Å²) in [6, 6.07) is 16.8. The van der Waals surface area contributed by atoms with Crippen molar-refractivity contribution in [2.75, 3.05) is 18.8 Å². The molecule has 0 unspecified atom stereocenters. The molecule has 0 saturated carbocycles. The molecule has 0 saturated heterocycles. The van der Waals surface area contributed by atoms with E-state index in [2.05, 4.69) is 16.5 Å². The molecule has 1 aliphatic heterocycles. The van der Waals surface area contributed by atoms with Crippen molar-refractivity contribution in [3.05, 3.63) is 85.2 Å². The van der Waals surface area contributed by atoms with E-state index in [1.165, 1.54) is 12.4 Å². The molecule has 0 spiro atoms. The van der Waals surface area contributed by atoms with Gasteiger partial charge >= 0.3 is 0 Å². The summed E-state index contributed by atoms with van der Waals surface area (Å²) in [6.45, 7) is 4.58. The summed E-state index contributed by atoms with van der Waals surface area (Å²) in [5.74, 6) is 2.53. The number of benzene rings is 2. The Morgan fingerprint density at radius 1 is 1.00 bits per heavy atom. The van der Waals surface area contributed by atoms with Gasteiger partial charge in [0, 0.05) is 13.1 Å². The predicted octanol–water partition coefficient (Wildman–Crippen LogP) is 4.45. The molecule has 1 aromatic heterocycles. The topological polar surface area (TPSA) is 90.6 Å². The first-order valence-electron chi connectivity index (χ1n) is 9.86. The van der Waals surface area contributed by atoms with Crippen molar-refractivity contribution in [3.8, 4) is 23.1 Å². The fraction of sp³-hybridized carbons (Fsp3) is 0.125. The maximum absolute atomic E-state index is 12.0. The van der Waals surface area contributed by atoms with Crippen LogP contribution in [0.2, 0.25) is 0 Å². The number of nitrogens with zero attached hydrogens (tertiary/aromatic N) is 3. The molecule has 0 aliphatic carbocycles. The highest BCUT2D eigenvalue weighted by molar-refractivity contribution is 5.89. The number of hydrogen-bond donors (Lipinski definition) is 1. The first-order chi connectivity index (χ1) is 15.1. The first kappa shape index (κ1) is 20.2. The Balaban J connectivity index is 1.54. The molecule has 7 heteroatoms. The summed E-state index contributed by atoms with van der Waals surface area (Å²) in [4.78, 5) is 22.1. The molecule has 31 heavy (non-hydrogen) atoms. The van der Waals surface area contributed by atoms with Crippen LogP contribution in [0.15, 0.2) is 79.7 Å². The molecule has 156 valence electrons. The van der Waals surface area contributed by atoms with Gasteiger partial charge in [-0.2, -0.15) is 0 Å². The van der Waals surface area contributed by atoms with Crippen molar-refractivity contribution in [1.29, 1.82) is 0 Å². The molecule has 0 radical (unpaired) electrons. The number of aromatic nitrogens is 2. The number of carbonyl (C=O) groups excluding carboxylic acids is 1. The summed E-state index contributed by atoms with van der Waals surface area (Å²) in [7, 11) is 0. The van der Waals surface area contributed by atoms with Gasteiger partial charge in [-0.3, -0.25) is 4.79 Å². The minimum atomic E-state index is -0.127. The second-order valence-electron chi connectivity index (χ2n) is 6.91. The van der Waals surface area contributed by atoms with Gasteiger partial charge in [0.05, 0.1) is 5.56 Å². The van der Waals surface area contributed by atoms with Crippen molar-refractivity contribution in [2.45, 2.75) is 6.42 Å². The molecule has 3 aromatic rings. The minimum absolute atomic E-state index is 0.127. The van der Waals surface area contributed by atoms with Crippen LogP contribution in [0.25, 0.3) is 5.57 Å². The van der Waals surface area contributed by atoms with E-state index in [0.29, 0.717) is 48.3 Å². The smallest absolute Gasteiger partial charge is 0.246 e. The van der Waals surface area contributed by atoms with Gasteiger partial charge in [-0.25, -0.2) is 9.97 Å². The Hall–Kier alpha value is -4.13. The maximum Gasteiger partial charge on any atom is 0.246 e. The third kappa shape index (κ3) is 4.72. The van der Waals surface area contributed by atoms with Crippen LogP contribution in [-0.2, 0) is 4.79 Å². The van der Waals surface area contributed by atoms with Crippen LogP contribution >= 0.6 is 0 Å². The number of rotatable bonds is 6. The van der Waals surface area contributed by atoms with Crippen LogP contribution in [0, 0.1) is 0 Å². The van der Waals surface area contributed by atoms with Crippen LogP contribution in [-0.4, -0.2) is 33.9 Å². The molecule has 2 N–H and O–H groups in total. The van der Waals surface area contributed by atoms with Gasteiger partial charge in [0.15, 0.2) is 0 Å². The van der Waals surface area contributed by atoms with E-state index >= 15 is 0 Å². The number of ether oxygens (including phenoxy) is 2. The van der Waals surface area contributed by atoms with Gasteiger partial charge in [-0.05, 0) is 54.5 Å². The third-order valence-electron chi connectivity index (χ3n) is 4.82. The lowest BCUT2D eigenvalue weighted by atomic mass is 10.0. The highest BCUT2D eigenvalue weighted by Gasteiger charge is 2.23. The zero-order chi connectivity index (χ0) is 21.6. The van der Waals surface area contributed by atoms with Crippen molar-refractivity contribution < 1.29 is 14.3 Å². The lowest BCUT2D eigenvalue weighted by molar-refractivity contribution is -0.125. The first-order valence-corrected chi connectivity index (χ1v) is 9.86. The fourth-order valence-electron chi connectivity index (χ4n) is 3.32. The lowest BCUT2D eigenvalue weighted by Gasteiger charge is -2.27. The summed E-state index contributed by atoms with van der Waals surface area (Å²) in [5, 5.41) is 0. The molecule has 0 atom stereocenters. The number of anilines is 1. The van der Waals surface area contributed by atoms with Crippen LogP contribution in [0.5, 0.6) is 23.1 Å². The average molecular weight is 414 g/mol. The average Bonchev–Trinajstić information content (AvgIpc) is 2.81. The summed E-state index contributed by atoms with van der Waals surface area (Å²) < 4.78 is 11.8. The van der Waals surface area contributed by atoms with E-state index in [4.69, 9.17) is 15.2 Å². The lowest BCUT2D eigenvalue weighted by Crippen LogP contribution is -2.34. The second kappa shape index (κ2) is 9.13. The number of carbonyl (C=O) groups is 1. The standard InChI is InChI=1S/C24H22N4O3/c1-2-21(29)28-14-6-7-17(15-28)22-23(25)26-16-27-24(22)31-20-12-10-19(11-13-20)30-18-8-4-3-5-9-18/h2-5,7-13,16H,1,6,14-15H2,(H2,25,26,27). The van der Waals surface area contributed by atoms with E-state index in [9.17, 15) is 4.79 Å². The molecule has 2 aromatic carbocycles. The van der Waals surface area contributed by atoms with Crippen LogP contribution in [0.4, 0.5) is 5.82 Å². The Morgan fingerprint density at radius 2 is 1.68 bits per heavy atom. The van der Waals surface area contributed by atoms with E-state index in [-0.39, 0.29) is 5.91 Å². The van der Waals surface area contributed by atoms with Gasteiger partial charge in [0.25, 0.3) is 0 Å². The Labute approximate surface area is 180 Å². The van der Waals surface area contributed by atoms with Gasteiger partial charge < -0.3 is 20.1 Å². The Kier molecular flexibility index (Phi) is 5.93. The van der Waals surface area contributed by atoms with E-state index in [1.807, 2.05) is 48.5 Å². The molecule has 2 heterocycles. The van der Waals surface area contributed by atoms with Gasteiger partial charge in [-0.15, -0.1) is 0 Å². The summed E-state index contributed by atoms with van der Waals surface area (Å²) in [5.41, 5.74) is 7.59. The number of nitrogens with two attached hydrogens (primary N) is 1. The Morgan fingerprint density at radius 3 is 2.39 bits per heavy atom. The second-order valence-corrected chi connectivity index (χ2v) is 6.91. The fourth-order valence-corrected chi connectivity index (χ4v) is 3.32. The van der Waals surface area contributed by atoms with Gasteiger partial charge in [0.2, 0.25) is 11.8 Å². The highest BCUT2D eigenvalue weighted by Crippen LogP contribution is 2.34. The Bertz CT molecular complexity index is 1110. The monoisotopic (exact) mass is 414 g/mol. The molecular formula is C24H22N4O3. The van der Waals surface area contributed by atoms with E-state index in [0.717, 1.165) is 11.3 Å². The van der Waals surface area contributed by atoms with Crippen molar-refractivity contribution >= 4 is 17.3 Å². The third-order valence-corrected chi connectivity index (χ3v) is 4.82.